The van der Waals surface area contributed by atoms with Gasteiger partial charge in [-0.05, 0) is 37.4 Å². The van der Waals surface area contributed by atoms with Gasteiger partial charge in [0.2, 0.25) is 0 Å². The molecule has 21 heavy (non-hydrogen) atoms. The van der Waals surface area contributed by atoms with Crippen LogP contribution in [-0.4, -0.2) is 24.7 Å². The molecule has 0 radical (unpaired) electrons. The summed E-state index contributed by atoms with van der Waals surface area (Å²) in [6.45, 7) is 1.15. The molecule has 4 nitrogen and oxygen atoms in total. The van der Waals surface area contributed by atoms with Gasteiger partial charge in [0.05, 0.1) is 11.9 Å². The van der Waals surface area contributed by atoms with E-state index >= 15 is 0 Å². The number of nitrogens with one attached hydrogen (secondary N) is 1. The van der Waals surface area contributed by atoms with Crippen LogP contribution in [0.2, 0.25) is 0 Å². The Hall–Kier alpha value is -2.14. The molecule has 0 saturated heterocycles. The van der Waals surface area contributed by atoms with E-state index in [0.717, 1.165) is 23.6 Å². The fraction of sp³-hybridized carbons (Fsp3) is 0.312. The first-order valence-electron chi connectivity index (χ1n) is 6.92. The number of halogens is 1. The number of fused-ring (bicyclic) bond motifs is 1. The Bertz CT molecular complexity index is 616. The first kappa shape index (κ1) is 13.8. The first-order valence-corrected chi connectivity index (χ1v) is 6.92. The van der Waals surface area contributed by atoms with Crippen LogP contribution in [0.1, 0.15) is 11.3 Å². The quantitative estimate of drug-likeness (QED) is 0.917. The number of ether oxygens (including phenoxy) is 2. The summed E-state index contributed by atoms with van der Waals surface area (Å²) in [6.07, 6.45) is 2.28. The van der Waals surface area contributed by atoms with Gasteiger partial charge in [-0.1, -0.05) is 0 Å². The standard InChI is InChI=1S/C16H17FN2O2/c1-18-8-13-3-4-14(9-19-13)20-10-15-7-11-6-12(17)2-5-16(11)21-15/h2-6,9,15,18H,7-8,10H2,1H3. The van der Waals surface area contributed by atoms with Crippen LogP contribution in [0.3, 0.4) is 0 Å². The summed E-state index contributed by atoms with van der Waals surface area (Å²) in [5, 5.41) is 3.04. The fourth-order valence-corrected chi connectivity index (χ4v) is 2.35. The molecule has 5 heteroatoms. The minimum absolute atomic E-state index is 0.0845. The molecule has 0 amide bonds. The Morgan fingerprint density at radius 2 is 2.29 bits per heavy atom. The molecule has 2 heterocycles. The number of nitrogens with zero attached hydrogens (tertiary/aromatic N) is 1. The second-order valence-electron chi connectivity index (χ2n) is 5.02. The monoisotopic (exact) mass is 288 g/mol. The largest absolute Gasteiger partial charge is 0.488 e. The maximum Gasteiger partial charge on any atom is 0.137 e. The van der Waals surface area contributed by atoms with Crippen LogP contribution < -0.4 is 14.8 Å². The highest BCUT2D eigenvalue weighted by Gasteiger charge is 2.23. The summed E-state index contributed by atoms with van der Waals surface area (Å²) in [7, 11) is 1.88. The summed E-state index contributed by atoms with van der Waals surface area (Å²) in [4.78, 5) is 4.29. The molecule has 2 aromatic rings. The zero-order valence-electron chi connectivity index (χ0n) is 11.8. The maximum absolute atomic E-state index is 13.1. The van der Waals surface area contributed by atoms with E-state index in [1.54, 1.807) is 12.3 Å². The van der Waals surface area contributed by atoms with E-state index in [0.29, 0.717) is 18.8 Å². The van der Waals surface area contributed by atoms with Gasteiger partial charge in [0, 0.05) is 18.5 Å². The van der Waals surface area contributed by atoms with Crippen molar-refractivity contribution >= 4 is 0 Å². The molecule has 0 spiro atoms. The average Bonchev–Trinajstić information content (AvgIpc) is 2.89. The smallest absolute Gasteiger partial charge is 0.137 e. The molecule has 110 valence electrons. The number of aromatic nitrogens is 1. The van der Waals surface area contributed by atoms with Crippen molar-refractivity contribution in [1.29, 1.82) is 0 Å². The molecule has 1 aliphatic rings. The van der Waals surface area contributed by atoms with Gasteiger partial charge in [0.25, 0.3) is 0 Å². The van der Waals surface area contributed by atoms with Crippen molar-refractivity contribution in [2.45, 2.75) is 19.1 Å². The molecule has 1 atom stereocenters. The highest BCUT2D eigenvalue weighted by atomic mass is 19.1. The van der Waals surface area contributed by atoms with Crippen molar-refractivity contribution < 1.29 is 13.9 Å². The SMILES string of the molecule is CNCc1ccc(OCC2Cc3cc(F)ccc3O2)cn1. The number of hydrogen-bond acceptors (Lipinski definition) is 4. The predicted molar refractivity (Wildman–Crippen MR) is 77.0 cm³/mol. The molecular weight excluding hydrogens is 271 g/mol. The van der Waals surface area contributed by atoms with E-state index < -0.39 is 0 Å². The van der Waals surface area contributed by atoms with Crippen LogP contribution >= 0.6 is 0 Å². The zero-order chi connectivity index (χ0) is 14.7. The normalized spacial score (nSPS) is 16.4. The van der Waals surface area contributed by atoms with Crippen molar-refractivity contribution in [3.05, 3.63) is 53.6 Å². The van der Waals surface area contributed by atoms with E-state index in [2.05, 4.69) is 10.3 Å². The van der Waals surface area contributed by atoms with Crippen LogP contribution in [0.5, 0.6) is 11.5 Å². The average molecular weight is 288 g/mol. The molecule has 0 aliphatic carbocycles. The number of benzene rings is 1. The van der Waals surface area contributed by atoms with Crippen molar-refractivity contribution in [2.75, 3.05) is 13.7 Å². The molecule has 1 unspecified atom stereocenters. The number of rotatable bonds is 5. The van der Waals surface area contributed by atoms with Gasteiger partial charge in [0.1, 0.15) is 30.0 Å². The van der Waals surface area contributed by atoms with Crippen LogP contribution in [0.4, 0.5) is 4.39 Å². The minimum atomic E-state index is -0.233. The van der Waals surface area contributed by atoms with Crippen molar-refractivity contribution in [1.82, 2.24) is 10.3 Å². The van der Waals surface area contributed by atoms with E-state index in [9.17, 15) is 4.39 Å². The molecule has 0 fully saturated rings. The van der Waals surface area contributed by atoms with E-state index in [1.165, 1.54) is 12.1 Å². The topological polar surface area (TPSA) is 43.4 Å². The van der Waals surface area contributed by atoms with Crippen LogP contribution in [-0.2, 0) is 13.0 Å². The molecule has 1 N–H and O–H groups in total. The molecule has 1 aromatic heterocycles. The van der Waals surface area contributed by atoms with Gasteiger partial charge in [0.15, 0.2) is 0 Å². The molecular formula is C16H17FN2O2. The van der Waals surface area contributed by atoms with Gasteiger partial charge in [-0.2, -0.15) is 0 Å². The Kier molecular flexibility index (Phi) is 4.01. The number of pyridine rings is 1. The van der Waals surface area contributed by atoms with Crippen molar-refractivity contribution in [2.24, 2.45) is 0 Å². The van der Waals surface area contributed by atoms with Crippen molar-refractivity contribution in [3.63, 3.8) is 0 Å². The zero-order valence-corrected chi connectivity index (χ0v) is 11.8. The highest BCUT2D eigenvalue weighted by Crippen LogP contribution is 2.29. The lowest BCUT2D eigenvalue weighted by molar-refractivity contribution is 0.148. The maximum atomic E-state index is 13.1. The Labute approximate surface area is 122 Å². The Morgan fingerprint density at radius 3 is 3.05 bits per heavy atom. The van der Waals surface area contributed by atoms with Crippen LogP contribution in [0, 0.1) is 5.82 Å². The third kappa shape index (κ3) is 3.31. The van der Waals surface area contributed by atoms with Gasteiger partial charge < -0.3 is 14.8 Å². The molecule has 1 aliphatic heterocycles. The van der Waals surface area contributed by atoms with E-state index in [4.69, 9.17) is 9.47 Å². The van der Waals surface area contributed by atoms with Crippen LogP contribution in [0.25, 0.3) is 0 Å². The summed E-state index contributed by atoms with van der Waals surface area (Å²) in [5.74, 6) is 1.22. The lowest BCUT2D eigenvalue weighted by Gasteiger charge is -2.12. The predicted octanol–water partition coefficient (Wildman–Crippen LogP) is 2.32. The van der Waals surface area contributed by atoms with E-state index in [-0.39, 0.29) is 11.9 Å². The second-order valence-corrected chi connectivity index (χ2v) is 5.02. The summed E-state index contributed by atoms with van der Waals surface area (Å²) >= 11 is 0. The summed E-state index contributed by atoms with van der Waals surface area (Å²) in [6, 6.07) is 8.40. The lowest BCUT2D eigenvalue weighted by Crippen LogP contribution is -2.22. The van der Waals surface area contributed by atoms with Gasteiger partial charge in [-0.15, -0.1) is 0 Å². The first-order chi connectivity index (χ1) is 10.2. The van der Waals surface area contributed by atoms with Gasteiger partial charge >= 0.3 is 0 Å². The third-order valence-electron chi connectivity index (χ3n) is 3.36. The molecule has 1 aromatic carbocycles. The highest BCUT2D eigenvalue weighted by molar-refractivity contribution is 5.38. The summed E-state index contributed by atoms with van der Waals surface area (Å²) in [5.41, 5.74) is 1.86. The molecule has 3 rings (SSSR count). The van der Waals surface area contributed by atoms with E-state index in [1.807, 2.05) is 19.2 Å². The Balaban J connectivity index is 1.55. The minimum Gasteiger partial charge on any atom is -0.488 e. The molecule has 0 saturated carbocycles. The second kappa shape index (κ2) is 6.10. The fourth-order valence-electron chi connectivity index (χ4n) is 2.35. The molecule has 0 bridgehead atoms. The van der Waals surface area contributed by atoms with Crippen LogP contribution in [0.15, 0.2) is 36.5 Å². The summed E-state index contributed by atoms with van der Waals surface area (Å²) < 4.78 is 24.5. The third-order valence-corrected chi connectivity index (χ3v) is 3.36. The lowest BCUT2D eigenvalue weighted by atomic mass is 10.1. The van der Waals surface area contributed by atoms with Gasteiger partial charge in [-0.3, -0.25) is 4.98 Å². The van der Waals surface area contributed by atoms with Crippen molar-refractivity contribution in [3.8, 4) is 11.5 Å². The number of hydrogen-bond donors (Lipinski definition) is 1. The Morgan fingerprint density at radius 1 is 1.38 bits per heavy atom. The van der Waals surface area contributed by atoms with Gasteiger partial charge in [-0.25, -0.2) is 4.39 Å².